The number of methoxy groups -OCH3 is 2. The minimum Gasteiger partial charge on any atom is -0.497 e. The van der Waals surface area contributed by atoms with Crippen LogP contribution >= 0.6 is 0 Å². The number of amides is 2. The average Bonchev–Trinajstić information content (AvgIpc) is 2.85. The first-order chi connectivity index (χ1) is 15.7. The molecule has 2 saturated heterocycles. The van der Waals surface area contributed by atoms with Gasteiger partial charge in [0.15, 0.2) is 0 Å². The number of benzene rings is 3. The van der Waals surface area contributed by atoms with Gasteiger partial charge in [-0.25, -0.2) is 4.79 Å². The molecule has 5 rings (SSSR count). The van der Waals surface area contributed by atoms with Crippen LogP contribution in [0.2, 0.25) is 0 Å². The van der Waals surface area contributed by atoms with E-state index in [9.17, 15) is 4.79 Å². The number of urea groups is 1. The van der Waals surface area contributed by atoms with Crippen LogP contribution in [0.1, 0.15) is 11.5 Å². The van der Waals surface area contributed by atoms with E-state index in [4.69, 9.17) is 9.47 Å². The summed E-state index contributed by atoms with van der Waals surface area (Å²) >= 11 is 0. The largest absolute Gasteiger partial charge is 0.497 e. The summed E-state index contributed by atoms with van der Waals surface area (Å²) in [7, 11) is 3.30. The van der Waals surface area contributed by atoms with Crippen molar-refractivity contribution in [1.29, 1.82) is 0 Å². The highest BCUT2D eigenvalue weighted by molar-refractivity contribution is 5.91. The molecule has 32 heavy (non-hydrogen) atoms. The van der Waals surface area contributed by atoms with Gasteiger partial charge in [-0.2, -0.15) is 0 Å². The van der Waals surface area contributed by atoms with Gasteiger partial charge in [0.2, 0.25) is 0 Å². The van der Waals surface area contributed by atoms with Gasteiger partial charge in [0.05, 0.1) is 26.3 Å². The molecule has 3 atom stereocenters. The van der Waals surface area contributed by atoms with Crippen molar-refractivity contribution in [2.45, 2.75) is 18.0 Å². The van der Waals surface area contributed by atoms with Crippen LogP contribution in [-0.2, 0) is 0 Å². The lowest BCUT2D eigenvalue weighted by Crippen LogP contribution is -2.74. The maximum atomic E-state index is 13.0. The SMILES string of the molecule is COc1cccc(NC(=O)N2[C@@H]3CNC[C@H]2C3c2ccc(-c3cccc(OC)c3)cc2)c1. The van der Waals surface area contributed by atoms with E-state index in [1.54, 1.807) is 14.2 Å². The highest BCUT2D eigenvalue weighted by atomic mass is 16.5. The van der Waals surface area contributed by atoms with Crippen LogP contribution in [-0.4, -0.2) is 50.3 Å². The summed E-state index contributed by atoms with van der Waals surface area (Å²) < 4.78 is 10.6. The quantitative estimate of drug-likeness (QED) is 0.633. The van der Waals surface area contributed by atoms with Crippen LogP contribution in [0.5, 0.6) is 11.5 Å². The summed E-state index contributed by atoms with van der Waals surface area (Å²) in [6.07, 6.45) is 0. The second-order valence-electron chi connectivity index (χ2n) is 8.24. The van der Waals surface area contributed by atoms with Crippen molar-refractivity contribution in [3.63, 3.8) is 0 Å². The Kier molecular flexibility index (Phi) is 5.45. The Morgan fingerprint density at radius 2 is 1.53 bits per heavy atom. The van der Waals surface area contributed by atoms with E-state index in [1.807, 2.05) is 47.4 Å². The molecule has 6 nitrogen and oxygen atoms in total. The van der Waals surface area contributed by atoms with Crippen molar-refractivity contribution in [1.82, 2.24) is 10.2 Å². The summed E-state index contributed by atoms with van der Waals surface area (Å²) in [6, 6.07) is 24.5. The summed E-state index contributed by atoms with van der Waals surface area (Å²) in [5, 5.41) is 6.47. The highest BCUT2D eigenvalue weighted by Crippen LogP contribution is 2.43. The van der Waals surface area contributed by atoms with Crippen LogP contribution in [0, 0.1) is 0 Å². The van der Waals surface area contributed by atoms with Crippen molar-refractivity contribution in [3.8, 4) is 22.6 Å². The lowest BCUT2D eigenvalue weighted by atomic mass is 9.72. The van der Waals surface area contributed by atoms with Crippen LogP contribution < -0.4 is 20.1 Å². The third-order valence-corrected chi connectivity index (χ3v) is 6.50. The fourth-order valence-electron chi connectivity index (χ4n) is 4.91. The Morgan fingerprint density at radius 1 is 0.875 bits per heavy atom. The standard InChI is InChI=1S/C26H27N3O3/c1-31-21-7-3-5-19(13-21)17-9-11-18(12-10-17)25-23-15-27-16-24(25)29(23)26(30)28-20-6-4-8-22(14-20)32-2/h3-14,23-25,27H,15-16H2,1-2H3,(H,28,30)/t23-,24+,25?. The van der Waals surface area contributed by atoms with E-state index in [0.717, 1.165) is 41.4 Å². The fourth-order valence-corrected chi connectivity index (χ4v) is 4.91. The third-order valence-electron chi connectivity index (χ3n) is 6.50. The number of ether oxygens (including phenoxy) is 2. The number of piperidine rings is 1. The van der Waals surface area contributed by atoms with Gasteiger partial charge in [-0.3, -0.25) is 0 Å². The number of anilines is 1. The summed E-state index contributed by atoms with van der Waals surface area (Å²) in [5.74, 6) is 1.91. The smallest absolute Gasteiger partial charge is 0.322 e. The minimum absolute atomic E-state index is 0.0565. The number of nitrogens with one attached hydrogen (secondary N) is 2. The molecule has 0 aliphatic carbocycles. The van der Waals surface area contributed by atoms with Gasteiger partial charge in [-0.1, -0.05) is 42.5 Å². The summed E-state index contributed by atoms with van der Waals surface area (Å²) in [5.41, 5.74) is 4.30. The summed E-state index contributed by atoms with van der Waals surface area (Å²) in [6.45, 7) is 1.59. The van der Waals surface area contributed by atoms with Gasteiger partial charge in [0.25, 0.3) is 0 Å². The first-order valence-electron chi connectivity index (χ1n) is 10.9. The number of carbonyl (C=O) groups is 1. The van der Waals surface area contributed by atoms with Gasteiger partial charge in [0, 0.05) is 30.8 Å². The molecule has 2 N–H and O–H groups in total. The van der Waals surface area contributed by atoms with Gasteiger partial charge in [0.1, 0.15) is 11.5 Å². The number of hydrogen-bond acceptors (Lipinski definition) is 4. The molecule has 0 radical (unpaired) electrons. The zero-order valence-electron chi connectivity index (χ0n) is 18.2. The van der Waals surface area contributed by atoms with Gasteiger partial charge >= 0.3 is 6.03 Å². The molecule has 2 aliphatic heterocycles. The molecule has 2 aliphatic rings. The Bertz CT molecular complexity index is 1100. The molecule has 164 valence electrons. The Labute approximate surface area is 188 Å². The lowest BCUT2D eigenvalue weighted by molar-refractivity contribution is 0.00202. The predicted molar refractivity (Wildman–Crippen MR) is 125 cm³/mol. The van der Waals surface area contributed by atoms with Crippen LogP contribution in [0.3, 0.4) is 0 Å². The maximum absolute atomic E-state index is 13.0. The van der Waals surface area contributed by atoms with E-state index in [1.165, 1.54) is 5.56 Å². The van der Waals surface area contributed by atoms with Gasteiger partial charge in [-0.05, 0) is 41.0 Å². The zero-order valence-corrected chi connectivity index (χ0v) is 18.2. The van der Waals surface area contributed by atoms with E-state index in [2.05, 4.69) is 41.0 Å². The second-order valence-corrected chi connectivity index (χ2v) is 8.24. The van der Waals surface area contributed by atoms with Crippen molar-refractivity contribution >= 4 is 11.7 Å². The van der Waals surface area contributed by atoms with Crippen LogP contribution in [0.25, 0.3) is 11.1 Å². The molecule has 2 amide bonds. The monoisotopic (exact) mass is 429 g/mol. The van der Waals surface area contributed by atoms with Crippen molar-refractivity contribution < 1.29 is 14.3 Å². The van der Waals surface area contributed by atoms with E-state index in [0.29, 0.717) is 5.92 Å². The Balaban J connectivity index is 1.31. The van der Waals surface area contributed by atoms with E-state index >= 15 is 0 Å². The number of hydrogen-bond donors (Lipinski definition) is 2. The third kappa shape index (κ3) is 3.67. The first-order valence-corrected chi connectivity index (χ1v) is 10.9. The number of piperazine rings is 1. The predicted octanol–water partition coefficient (Wildman–Crippen LogP) is 4.34. The van der Waals surface area contributed by atoms with Crippen molar-refractivity contribution in [2.75, 3.05) is 32.6 Å². The van der Waals surface area contributed by atoms with E-state index in [-0.39, 0.29) is 18.1 Å². The van der Waals surface area contributed by atoms with E-state index < -0.39 is 0 Å². The average molecular weight is 430 g/mol. The zero-order chi connectivity index (χ0) is 22.1. The molecule has 3 aromatic carbocycles. The molecule has 6 heteroatoms. The van der Waals surface area contributed by atoms with Crippen LogP contribution in [0.4, 0.5) is 10.5 Å². The minimum atomic E-state index is -0.0565. The molecule has 0 saturated carbocycles. The lowest BCUT2D eigenvalue weighted by Gasteiger charge is -2.59. The van der Waals surface area contributed by atoms with Crippen LogP contribution in [0.15, 0.2) is 72.8 Å². The Morgan fingerprint density at radius 3 is 2.22 bits per heavy atom. The molecule has 2 fully saturated rings. The number of nitrogens with zero attached hydrogens (tertiary/aromatic N) is 1. The molecular weight excluding hydrogens is 402 g/mol. The number of carbonyl (C=O) groups excluding carboxylic acids is 1. The van der Waals surface area contributed by atoms with Crippen molar-refractivity contribution in [3.05, 3.63) is 78.4 Å². The topological polar surface area (TPSA) is 62.8 Å². The molecular formula is C26H27N3O3. The molecule has 1 unspecified atom stereocenters. The number of fused-ring (bicyclic) bond motifs is 2. The molecule has 0 spiro atoms. The van der Waals surface area contributed by atoms with Gasteiger partial charge in [-0.15, -0.1) is 0 Å². The fraction of sp³-hybridized carbons (Fsp3) is 0.269. The molecule has 2 heterocycles. The number of rotatable bonds is 5. The normalized spacial score (nSPS) is 21.4. The Hall–Kier alpha value is -3.51. The second kappa shape index (κ2) is 8.55. The molecule has 0 aromatic heterocycles. The maximum Gasteiger partial charge on any atom is 0.322 e. The molecule has 3 aromatic rings. The highest BCUT2D eigenvalue weighted by Gasteiger charge is 2.53. The molecule has 2 bridgehead atoms. The first kappa shape index (κ1) is 20.4. The van der Waals surface area contributed by atoms with Crippen molar-refractivity contribution in [2.24, 2.45) is 0 Å². The summed E-state index contributed by atoms with van der Waals surface area (Å²) in [4.78, 5) is 15.0. The van der Waals surface area contributed by atoms with Gasteiger partial charge < -0.3 is 25.0 Å².